The number of benzene rings is 1. The summed E-state index contributed by atoms with van der Waals surface area (Å²) in [4.78, 5) is 0. The average molecular weight is 318 g/mol. The van der Waals surface area contributed by atoms with Crippen molar-refractivity contribution < 1.29 is 20.4 Å². The maximum absolute atomic E-state index is 10.3. The van der Waals surface area contributed by atoms with Crippen LogP contribution in [0.2, 0.25) is 0 Å². The Morgan fingerprint density at radius 1 is 1.30 bits per heavy atom. The summed E-state index contributed by atoms with van der Waals surface area (Å²) < 4.78 is 0. The van der Waals surface area contributed by atoms with Gasteiger partial charge in [-0.3, -0.25) is 0 Å². The van der Waals surface area contributed by atoms with E-state index in [0.29, 0.717) is 24.0 Å². The van der Waals surface area contributed by atoms with E-state index in [1.807, 2.05) is 19.1 Å². The number of aliphatic hydroxyl groups is 3. The minimum Gasteiger partial charge on any atom is -0.508 e. The average Bonchev–Trinajstić information content (AvgIpc) is 2.55. The van der Waals surface area contributed by atoms with Crippen LogP contribution in [0.3, 0.4) is 0 Å². The van der Waals surface area contributed by atoms with E-state index in [4.69, 9.17) is 10.2 Å². The Kier molecular flexibility index (Phi) is 8.33. The van der Waals surface area contributed by atoms with Gasteiger partial charge in [0, 0.05) is 0 Å². The van der Waals surface area contributed by atoms with Crippen LogP contribution < -0.4 is 0 Å². The summed E-state index contributed by atoms with van der Waals surface area (Å²) in [6.07, 6.45) is 4.69. The lowest BCUT2D eigenvalue weighted by Gasteiger charge is -2.17. The predicted molar refractivity (Wildman–Crippen MR) is 93.0 cm³/mol. The Hall–Kier alpha value is -1.88. The molecule has 0 fully saturated rings. The molecule has 1 unspecified atom stereocenters. The van der Waals surface area contributed by atoms with Crippen LogP contribution in [0.5, 0.6) is 5.75 Å². The topological polar surface area (TPSA) is 80.9 Å². The van der Waals surface area contributed by atoms with Crippen molar-refractivity contribution in [1.29, 1.82) is 0 Å². The Labute approximate surface area is 137 Å². The van der Waals surface area contributed by atoms with E-state index in [9.17, 15) is 10.2 Å². The largest absolute Gasteiger partial charge is 0.508 e. The van der Waals surface area contributed by atoms with Gasteiger partial charge >= 0.3 is 0 Å². The number of phenols is 1. The van der Waals surface area contributed by atoms with E-state index in [-0.39, 0.29) is 19.0 Å². The lowest BCUT2D eigenvalue weighted by molar-refractivity contribution is 0.197. The number of allylic oxidation sites excluding steroid dienone is 1. The van der Waals surface area contributed by atoms with Gasteiger partial charge in [0.1, 0.15) is 5.75 Å². The summed E-state index contributed by atoms with van der Waals surface area (Å²) in [5.74, 6) is 0.224. The van der Waals surface area contributed by atoms with Crippen molar-refractivity contribution in [2.24, 2.45) is 0 Å². The monoisotopic (exact) mass is 318 g/mol. The van der Waals surface area contributed by atoms with Crippen molar-refractivity contribution in [3.05, 3.63) is 59.2 Å². The van der Waals surface area contributed by atoms with Gasteiger partial charge in [-0.05, 0) is 48.1 Å². The van der Waals surface area contributed by atoms with Gasteiger partial charge < -0.3 is 20.4 Å². The third kappa shape index (κ3) is 6.40. The van der Waals surface area contributed by atoms with Crippen molar-refractivity contribution in [3.63, 3.8) is 0 Å². The highest BCUT2D eigenvalue weighted by molar-refractivity contribution is 5.54. The molecule has 1 aromatic rings. The summed E-state index contributed by atoms with van der Waals surface area (Å²) >= 11 is 0. The summed E-state index contributed by atoms with van der Waals surface area (Å²) in [5.41, 5.74) is 2.97. The van der Waals surface area contributed by atoms with E-state index < -0.39 is 6.10 Å². The molecular formula is C19H26O4. The highest BCUT2D eigenvalue weighted by Crippen LogP contribution is 2.22. The molecule has 0 aliphatic heterocycles. The molecule has 1 aromatic carbocycles. The second kappa shape index (κ2) is 10.0. The van der Waals surface area contributed by atoms with Crippen LogP contribution in [0, 0.1) is 0 Å². The van der Waals surface area contributed by atoms with Gasteiger partial charge in [0.05, 0.1) is 19.3 Å². The van der Waals surface area contributed by atoms with Gasteiger partial charge in [0.2, 0.25) is 0 Å². The lowest BCUT2D eigenvalue weighted by Crippen LogP contribution is -2.14. The first-order valence-corrected chi connectivity index (χ1v) is 7.78. The van der Waals surface area contributed by atoms with Gasteiger partial charge in [0.25, 0.3) is 0 Å². The fourth-order valence-electron chi connectivity index (χ4n) is 2.38. The molecule has 126 valence electrons. The van der Waals surface area contributed by atoms with E-state index in [2.05, 4.69) is 6.58 Å². The van der Waals surface area contributed by atoms with Crippen molar-refractivity contribution in [1.82, 2.24) is 0 Å². The predicted octanol–water partition coefficient (Wildman–Crippen LogP) is 2.79. The first kappa shape index (κ1) is 19.2. The third-order valence-electron chi connectivity index (χ3n) is 3.70. The molecular weight excluding hydrogens is 292 g/mol. The molecule has 0 aliphatic rings. The minimum atomic E-state index is -0.777. The van der Waals surface area contributed by atoms with Crippen LogP contribution in [0.4, 0.5) is 0 Å². The fraction of sp³-hybridized carbons (Fsp3) is 0.368. The lowest BCUT2D eigenvalue weighted by atomic mass is 9.95. The molecule has 0 radical (unpaired) electrons. The van der Waals surface area contributed by atoms with E-state index in [0.717, 1.165) is 17.6 Å². The first-order valence-electron chi connectivity index (χ1n) is 7.78. The number of rotatable bonds is 9. The second-order valence-electron chi connectivity index (χ2n) is 5.41. The molecule has 4 N–H and O–H groups in total. The fourth-order valence-corrected chi connectivity index (χ4v) is 2.38. The molecule has 4 nitrogen and oxygen atoms in total. The molecule has 0 amide bonds. The molecule has 0 saturated heterocycles. The second-order valence-corrected chi connectivity index (χ2v) is 5.41. The molecule has 4 heteroatoms. The number of aromatic hydroxyl groups is 1. The number of hydrogen-bond donors (Lipinski definition) is 4. The van der Waals surface area contributed by atoms with E-state index in [1.165, 1.54) is 6.08 Å². The molecule has 0 aromatic heterocycles. The molecule has 1 atom stereocenters. The zero-order valence-corrected chi connectivity index (χ0v) is 13.6. The van der Waals surface area contributed by atoms with Crippen LogP contribution in [0.25, 0.3) is 6.08 Å². The van der Waals surface area contributed by atoms with Crippen LogP contribution in [0.1, 0.15) is 31.7 Å². The standard InChI is InChI=1S/C19H26O4/c1-3-15(11-16-5-4-6-17(22)12-16)7-8-19(23)18(9-10-20)14(2)13-21/h4-6,9,11-12,19-23H,2-3,7-8,10,13H2,1H3/b15-11+,18-9-. The summed E-state index contributed by atoms with van der Waals surface area (Å²) in [5, 5.41) is 38.0. The summed E-state index contributed by atoms with van der Waals surface area (Å²) in [7, 11) is 0. The van der Waals surface area contributed by atoms with Crippen LogP contribution in [-0.2, 0) is 0 Å². The maximum atomic E-state index is 10.3. The Morgan fingerprint density at radius 3 is 2.61 bits per heavy atom. The zero-order chi connectivity index (χ0) is 17.2. The molecule has 0 spiro atoms. The normalized spacial score (nSPS) is 13.9. The molecule has 0 saturated carbocycles. The van der Waals surface area contributed by atoms with E-state index in [1.54, 1.807) is 18.2 Å². The first-order chi connectivity index (χ1) is 11.0. The van der Waals surface area contributed by atoms with Gasteiger partial charge in [-0.1, -0.05) is 43.4 Å². The van der Waals surface area contributed by atoms with Crippen molar-refractivity contribution in [3.8, 4) is 5.75 Å². The van der Waals surface area contributed by atoms with E-state index >= 15 is 0 Å². The van der Waals surface area contributed by atoms with Crippen LogP contribution in [-0.4, -0.2) is 39.7 Å². The summed E-state index contributed by atoms with van der Waals surface area (Å²) in [6, 6.07) is 7.02. The van der Waals surface area contributed by atoms with Crippen LogP contribution in [0.15, 0.2) is 53.6 Å². The molecule has 0 heterocycles. The highest BCUT2D eigenvalue weighted by Gasteiger charge is 2.13. The molecule has 0 bridgehead atoms. The van der Waals surface area contributed by atoms with Crippen LogP contribution >= 0.6 is 0 Å². The Bertz CT molecular complexity index is 572. The molecule has 1 rings (SSSR count). The smallest absolute Gasteiger partial charge is 0.116 e. The quantitative estimate of drug-likeness (QED) is 0.528. The van der Waals surface area contributed by atoms with Gasteiger partial charge in [-0.2, -0.15) is 0 Å². The van der Waals surface area contributed by atoms with Gasteiger partial charge in [0.15, 0.2) is 0 Å². The number of hydrogen-bond acceptors (Lipinski definition) is 4. The number of phenolic OH excluding ortho intramolecular Hbond substituents is 1. The van der Waals surface area contributed by atoms with Crippen molar-refractivity contribution in [2.75, 3.05) is 13.2 Å². The third-order valence-corrected chi connectivity index (χ3v) is 3.70. The van der Waals surface area contributed by atoms with Gasteiger partial charge in [-0.15, -0.1) is 0 Å². The molecule has 23 heavy (non-hydrogen) atoms. The highest BCUT2D eigenvalue weighted by atomic mass is 16.3. The Morgan fingerprint density at radius 2 is 2.04 bits per heavy atom. The summed E-state index contributed by atoms with van der Waals surface area (Å²) in [6.45, 7) is 5.30. The zero-order valence-electron chi connectivity index (χ0n) is 13.6. The van der Waals surface area contributed by atoms with Crippen molar-refractivity contribution in [2.45, 2.75) is 32.3 Å². The molecule has 0 aliphatic carbocycles. The SMILES string of the molecule is C=C(CO)/C(=C/CO)C(O)CC/C(=C/c1cccc(O)c1)CC. The number of aliphatic hydroxyl groups excluding tert-OH is 3. The van der Waals surface area contributed by atoms with Crippen molar-refractivity contribution >= 4 is 6.08 Å². The maximum Gasteiger partial charge on any atom is 0.116 e. The van der Waals surface area contributed by atoms with Gasteiger partial charge in [-0.25, -0.2) is 0 Å². The Balaban J connectivity index is 2.76. The minimum absolute atomic E-state index is 0.203.